The molecule has 0 aromatic carbocycles. The minimum Gasteiger partial charge on any atom is -0.481 e. The van der Waals surface area contributed by atoms with Gasteiger partial charge in [0.2, 0.25) is 0 Å². The molecule has 1 N–H and O–H groups in total. The van der Waals surface area contributed by atoms with Crippen molar-refractivity contribution in [2.24, 2.45) is 11.8 Å². The van der Waals surface area contributed by atoms with E-state index in [-0.39, 0.29) is 12.3 Å². The van der Waals surface area contributed by atoms with E-state index in [1.165, 1.54) is 12.0 Å². The topological polar surface area (TPSA) is 80.4 Å². The van der Waals surface area contributed by atoms with Gasteiger partial charge in [0.1, 0.15) is 12.0 Å². The Hall–Kier alpha value is -1.65. The van der Waals surface area contributed by atoms with Gasteiger partial charge in [0.25, 0.3) is 0 Å². The zero-order valence-electron chi connectivity index (χ0n) is 15.2. The number of carboxylic acids is 1. The van der Waals surface area contributed by atoms with Crippen LogP contribution in [0.25, 0.3) is 0 Å². The molecule has 0 unspecified atom stereocenters. The van der Waals surface area contributed by atoms with Crippen LogP contribution >= 0.6 is 0 Å². The quantitative estimate of drug-likeness (QED) is 0.624. The molecule has 138 valence electrons. The van der Waals surface area contributed by atoms with Gasteiger partial charge in [0.15, 0.2) is 0 Å². The predicted octanol–water partition coefficient (Wildman–Crippen LogP) is 4.63. The smallest absolute Gasteiger partial charge is 0.304 e. The van der Waals surface area contributed by atoms with Gasteiger partial charge in [-0.1, -0.05) is 19.0 Å². The van der Waals surface area contributed by atoms with E-state index in [4.69, 9.17) is 4.52 Å². The first-order chi connectivity index (χ1) is 12.0. The summed E-state index contributed by atoms with van der Waals surface area (Å²) in [6.07, 6.45) is 7.61. The number of carboxylic acid groups (broad SMARTS) is 1. The van der Waals surface area contributed by atoms with Gasteiger partial charge in [-0.3, -0.25) is 4.79 Å². The third-order valence-corrected chi connectivity index (χ3v) is 5.62. The molecule has 1 heterocycles. The lowest BCUT2D eigenvalue weighted by molar-refractivity contribution is -0.137. The predicted molar refractivity (Wildman–Crippen MR) is 93.7 cm³/mol. The SMILES string of the molecule is CC(C)CC1CC(c2onc([C@@H](CCC=O)CC(=O)O)c2C2CC2)C1. The first-order valence-corrected chi connectivity index (χ1v) is 9.64. The number of rotatable bonds is 10. The van der Waals surface area contributed by atoms with Crippen molar-refractivity contribution >= 4 is 12.3 Å². The van der Waals surface area contributed by atoms with Crippen molar-refractivity contribution < 1.29 is 19.2 Å². The number of carbonyl (C=O) groups excluding carboxylic acids is 1. The van der Waals surface area contributed by atoms with Crippen LogP contribution in [0.5, 0.6) is 0 Å². The molecule has 0 amide bonds. The van der Waals surface area contributed by atoms with E-state index in [1.54, 1.807) is 0 Å². The minimum atomic E-state index is -0.845. The van der Waals surface area contributed by atoms with E-state index in [2.05, 4.69) is 19.0 Å². The Morgan fingerprint density at radius 3 is 2.60 bits per heavy atom. The molecule has 1 aromatic rings. The van der Waals surface area contributed by atoms with E-state index < -0.39 is 5.97 Å². The summed E-state index contributed by atoms with van der Waals surface area (Å²) in [5, 5.41) is 13.6. The molecule has 2 fully saturated rings. The normalized spacial score (nSPS) is 24.1. The van der Waals surface area contributed by atoms with E-state index >= 15 is 0 Å². The number of aromatic nitrogens is 1. The average Bonchev–Trinajstić information content (AvgIpc) is 3.25. The maximum Gasteiger partial charge on any atom is 0.304 e. The summed E-state index contributed by atoms with van der Waals surface area (Å²) in [5.74, 6) is 2.37. The Morgan fingerprint density at radius 1 is 1.32 bits per heavy atom. The first-order valence-electron chi connectivity index (χ1n) is 9.64. The zero-order chi connectivity index (χ0) is 18.0. The lowest BCUT2D eigenvalue weighted by atomic mass is 9.69. The highest BCUT2D eigenvalue weighted by atomic mass is 16.5. The highest BCUT2D eigenvalue weighted by molar-refractivity contribution is 5.68. The largest absolute Gasteiger partial charge is 0.481 e. The molecule has 0 spiro atoms. The van der Waals surface area contributed by atoms with Crippen LogP contribution in [0.15, 0.2) is 4.52 Å². The molecular formula is C20H29NO4. The van der Waals surface area contributed by atoms with Gasteiger partial charge >= 0.3 is 5.97 Å². The minimum absolute atomic E-state index is 0.0141. The Balaban J connectivity index is 1.77. The van der Waals surface area contributed by atoms with Gasteiger partial charge in [-0.2, -0.15) is 0 Å². The fraction of sp³-hybridized carbons (Fsp3) is 0.750. The van der Waals surface area contributed by atoms with Gasteiger partial charge in [-0.05, 0) is 56.3 Å². The number of aldehydes is 1. The molecule has 0 saturated heterocycles. The molecule has 1 aromatic heterocycles. The monoisotopic (exact) mass is 347 g/mol. The van der Waals surface area contributed by atoms with Gasteiger partial charge in [0, 0.05) is 23.8 Å². The summed E-state index contributed by atoms with van der Waals surface area (Å²) < 4.78 is 5.77. The molecule has 25 heavy (non-hydrogen) atoms. The second kappa shape index (κ2) is 7.71. The molecule has 0 bridgehead atoms. The van der Waals surface area contributed by atoms with Crippen molar-refractivity contribution in [3.05, 3.63) is 17.0 Å². The van der Waals surface area contributed by atoms with Crippen molar-refractivity contribution in [3.63, 3.8) is 0 Å². The Bertz CT molecular complexity index is 611. The van der Waals surface area contributed by atoms with Crippen molar-refractivity contribution in [2.45, 2.75) is 83.0 Å². The number of hydrogen-bond acceptors (Lipinski definition) is 4. The third kappa shape index (κ3) is 4.31. The second-order valence-corrected chi connectivity index (χ2v) is 8.32. The van der Waals surface area contributed by atoms with Crippen LogP contribution in [0, 0.1) is 11.8 Å². The molecule has 5 nitrogen and oxygen atoms in total. The molecule has 2 aliphatic carbocycles. The Labute approximate surface area is 149 Å². The standard InChI is InChI=1S/C20H29NO4/c1-12(2)8-13-9-16(10-13)20-18(14-5-6-14)19(21-25-20)15(4-3-7-22)11-17(23)24/h7,12-16H,3-6,8-11H2,1-2H3,(H,23,24)/t13?,15-,16?/m0/s1. The second-order valence-electron chi connectivity index (χ2n) is 8.32. The van der Waals surface area contributed by atoms with Crippen molar-refractivity contribution in [2.75, 3.05) is 0 Å². The zero-order valence-corrected chi connectivity index (χ0v) is 15.2. The molecule has 0 radical (unpaired) electrons. The van der Waals surface area contributed by atoms with E-state index in [1.807, 2.05) is 0 Å². The van der Waals surface area contributed by atoms with Crippen LogP contribution in [-0.4, -0.2) is 22.5 Å². The summed E-state index contributed by atoms with van der Waals surface area (Å²) in [7, 11) is 0. The van der Waals surface area contributed by atoms with Gasteiger partial charge in [-0.15, -0.1) is 0 Å². The molecular weight excluding hydrogens is 318 g/mol. The lowest BCUT2D eigenvalue weighted by Crippen LogP contribution is -2.23. The van der Waals surface area contributed by atoms with Crippen LogP contribution in [0.3, 0.4) is 0 Å². The Kier molecular flexibility index (Phi) is 5.60. The van der Waals surface area contributed by atoms with Crippen LogP contribution in [0.2, 0.25) is 0 Å². The molecule has 3 rings (SSSR count). The lowest BCUT2D eigenvalue weighted by Gasteiger charge is -2.35. The van der Waals surface area contributed by atoms with Crippen LogP contribution < -0.4 is 0 Å². The maximum absolute atomic E-state index is 11.2. The number of nitrogens with zero attached hydrogens (tertiary/aromatic N) is 1. The fourth-order valence-corrected chi connectivity index (χ4v) is 4.32. The van der Waals surface area contributed by atoms with Gasteiger partial charge in [-0.25, -0.2) is 0 Å². The average molecular weight is 347 g/mol. The first kappa shape index (κ1) is 18.2. The molecule has 2 aliphatic rings. The van der Waals surface area contributed by atoms with Crippen LogP contribution in [0.4, 0.5) is 0 Å². The van der Waals surface area contributed by atoms with Gasteiger partial charge < -0.3 is 14.4 Å². The summed E-state index contributed by atoms with van der Waals surface area (Å²) in [6.45, 7) is 4.53. The maximum atomic E-state index is 11.2. The van der Waals surface area contributed by atoms with Crippen molar-refractivity contribution in [3.8, 4) is 0 Å². The van der Waals surface area contributed by atoms with E-state index in [0.29, 0.717) is 24.7 Å². The highest BCUT2D eigenvalue weighted by Crippen LogP contribution is 2.52. The van der Waals surface area contributed by atoms with E-state index in [0.717, 1.165) is 55.3 Å². The number of hydrogen-bond donors (Lipinski definition) is 1. The molecule has 5 heteroatoms. The number of aliphatic carboxylic acids is 1. The highest BCUT2D eigenvalue weighted by Gasteiger charge is 2.41. The molecule has 1 atom stereocenters. The Morgan fingerprint density at radius 2 is 2.04 bits per heavy atom. The third-order valence-electron chi connectivity index (χ3n) is 5.62. The fourth-order valence-electron chi connectivity index (χ4n) is 4.32. The van der Waals surface area contributed by atoms with Crippen LogP contribution in [-0.2, 0) is 9.59 Å². The number of carbonyl (C=O) groups is 2. The summed E-state index contributed by atoms with van der Waals surface area (Å²) >= 11 is 0. The van der Waals surface area contributed by atoms with Crippen LogP contribution in [0.1, 0.15) is 100.0 Å². The summed E-state index contributed by atoms with van der Waals surface area (Å²) in [5.41, 5.74) is 2.00. The molecule has 0 aliphatic heterocycles. The summed E-state index contributed by atoms with van der Waals surface area (Å²) in [4.78, 5) is 22.0. The van der Waals surface area contributed by atoms with Crippen molar-refractivity contribution in [1.82, 2.24) is 5.16 Å². The summed E-state index contributed by atoms with van der Waals surface area (Å²) in [6, 6.07) is 0. The van der Waals surface area contributed by atoms with Crippen molar-refractivity contribution in [1.29, 1.82) is 0 Å². The molecule has 2 saturated carbocycles. The van der Waals surface area contributed by atoms with E-state index in [9.17, 15) is 14.7 Å². The van der Waals surface area contributed by atoms with Gasteiger partial charge in [0.05, 0.1) is 12.1 Å².